The first kappa shape index (κ1) is 23.7. The minimum atomic E-state index is -0.431. The van der Waals surface area contributed by atoms with Crippen molar-refractivity contribution in [3.8, 4) is 17.2 Å². The molecule has 0 aromatic heterocycles. The van der Waals surface area contributed by atoms with Gasteiger partial charge >= 0.3 is 0 Å². The third-order valence-corrected chi connectivity index (χ3v) is 4.53. The van der Waals surface area contributed by atoms with Crippen molar-refractivity contribution < 1.29 is 24.2 Å². The summed E-state index contributed by atoms with van der Waals surface area (Å²) in [5.41, 5.74) is 3.85. The number of nitrogens with zero attached hydrogens (tertiary/aromatic N) is 1. The molecule has 0 fully saturated rings. The predicted octanol–water partition coefficient (Wildman–Crippen LogP) is 4.08. The van der Waals surface area contributed by atoms with Crippen LogP contribution in [0.3, 0.4) is 0 Å². The molecule has 0 aliphatic rings. The van der Waals surface area contributed by atoms with Gasteiger partial charge in [0.25, 0.3) is 5.91 Å². The number of carbonyl (C=O) groups is 2. The molecule has 0 saturated carbocycles. The van der Waals surface area contributed by atoms with E-state index < -0.39 is 5.91 Å². The molecule has 0 atom stereocenters. The zero-order valence-electron chi connectivity index (χ0n) is 18.1. The SMILES string of the molecule is CCCCCCC(=O)Nc1cccc(C(=O)N/N=C/c2cc(O)c(OC)c(OC)c2)c1. The van der Waals surface area contributed by atoms with Crippen molar-refractivity contribution in [3.63, 3.8) is 0 Å². The molecule has 0 radical (unpaired) electrons. The number of hydrogen-bond acceptors (Lipinski definition) is 6. The second-order valence-corrected chi connectivity index (χ2v) is 6.91. The average Bonchev–Trinajstić information content (AvgIpc) is 2.76. The lowest BCUT2D eigenvalue weighted by Crippen LogP contribution is -2.18. The molecule has 0 spiro atoms. The number of hydrogen-bond donors (Lipinski definition) is 3. The number of nitrogens with one attached hydrogen (secondary N) is 2. The third-order valence-electron chi connectivity index (χ3n) is 4.53. The van der Waals surface area contributed by atoms with Crippen LogP contribution in [0.4, 0.5) is 5.69 Å². The van der Waals surface area contributed by atoms with Gasteiger partial charge in [-0.3, -0.25) is 9.59 Å². The van der Waals surface area contributed by atoms with Gasteiger partial charge in [0.2, 0.25) is 11.7 Å². The van der Waals surface area contributed by atoms with E-state index in [1.165, 1.54) is 26.5 Å². The van der Waals surface area contributed by atoms with Crippen LogP contribution in [0.2, 0.25) is 0 Å². The van der Waals surface area contributed by atoms with Crippen molar-refractivity contribution in [2.24, 2.45) is 5.10 Å². The van der Waals surface area contributed by atoms with Crippen LogP contribution in [-0.4, -0.2) is 37.4 Å². The summed E-state index contributed by atoms with van der Waals surface area (Å²) in [7, 11) is 2.88. The summed E-state index contributed by atoms with van der Waals surface area (Å²) < 4.78 is 10.2. The molecule has 2 amide bonds. The highest BCUT2D eigenvalue weighted by Crippen LogP contribution is 2.36. The number of ether oxygens (including phenoxy) is 2. The Kier molecular flexibility index (Phi) is 9.35. The maximum absolute atomic E-state index is 12.4. The molecule has 0 aliphatic heterocycles. The van der Waals surface area contributed by atoms with E-state index in [0.29, 0.717) is 29.0 Å². The highest BCUT2D eigenvalue weighted by molar-refractivity contribution is 5.97. The Morgan fingerprint density at radius 1 is 1.10 bits per heavy atom. The lowest BCUT2D eigenvalue weighted by molar-refractivity contribution is -0.116. The first-order valence-electron chi connectivity index (χ1n) is 10.2. The van der Waals surface area contributed by atoms with Crippen LogP contribution in [0.1, 0.15) is 54.9 Å². The number of phenols is 1. The molecule has 0 aliphatic carbocycles. The molecule has 0 saturated heterocycles. The van der Waals surface area contributed by atoms with E-state index >= 15 is 0 Å². The van der Waals surface area contributed by atoms with Gasteiger partial charge in [-0.25, -0.2) is 5.43 Å². The average molecular weight is 428 g/mol. The van der Waals surface area contributed by atoms with Gasteiger partial charge in [0.1, 0.15) is 0 Å². The van der Waals surface area contributed by atoms with Crippen LogP contribution in [-0.2, 0) is 4.79 Å². The number of unbranched alkanes of at least 4 members (excludes halogenated alkanes) is 3. The zero-order chi connectivity index (χ0) is 22.6. The lowest BCUT2D eigenvalue weighted by Gasteiger charge is -2.10. The van der Waals surface area contributed by atoms with E-state index in [-0.39, 0.29) is 17.4 Å². The van der Waals surface area contributed by atoms with Crippen LogP contribution in [0.25, 0.3) is 0 Å². The molecular weight excluding hydrogens is 398 g/mol. The number of phenolic OH excluding ortho intramolecular Hbond substituents is 1. The molecular formula is C23H29N3O5. The van der Waals surface area contributed by atoms with E-state index in [2.05, 4.69) is 22.8 Å². The largest absolute Gasteiger partial charge is 0.504 e. The fourth-order valence-corrected chi connectivity index (χ4v) is 2.94. The molecule has 0 unspecified atom stereocenters. The number of amides is 2. The van der Waals surface area contributed by atoms with Crippen LogP contribution < -0.4 is 20.2 Å². The third kappa shape index (κ3) is 7.33. The fraction of sp³-hybridized carbons (Fsp3) is 0.348. The summed E-state index contributed by atoms with van der Waals surface area (Å²) in [6, 6.07) is 9.70. The van der Waals surface area contributed by atoms with Gasteiger partial charge < -0.3 is 19.9 Å². The van der Waals surface area contributed by atoms with Gasteiger partial charge in [-0.1, -0.05) is 32.3 Å². The number of methoxy groups -OCH3 is 2. The van der Waals surface area contributed by atoms with E-state index in [1.807, 2.05) is 0 Å². The minimum absolute atomic E-state index is 0.0695. The lowest BCUT2D eigenvalue weighted by atomic mass is 10.1. The van der Waals surface area contributed by atoms with Crippen molar-refractivity contribution >= 4 is 23.7 Å². The van der Waals surface area contributed by atoms with E-state index in [1.54, 1.807) is 30.3 Å². The number of hydrazone groups is 1. The quantitative estimate of drug-likeness (QED) is 0.284. The number of rotatable bonds is 11. The predicted molar refractivity (Wildman–Crippen MR) is 120 cm³/mol. The number of anilines is 1. The van der Waals surface area contributed by atoms with Crippen LogP contribution in [0.5, 0.6) is 17.2 Å². The van der Waals surface area contributed by atoms with Gasteiger partial charge in [-0.2, -0.15) is 5.10 Å². The summed E-state index contributed by atoms with van der Waals surface area (Å²) in [6.07, 6.45) is 5.95. The first-order valence-corrected chi connectivity index (χ1v) is 10.2. The van der Waals surface area contributed by atoms with Crippen LogP contribution >= 0.6 is 0 Å². The van der Waals surface area contributed by atoms with Gasteiger partial charge in [0.15, 0.2) is 11.5 Å². The molecule has 31 heavy (non-hydrogen) atoms. The molecule has 3 N–H and O–H groups in total. The molecule has 166 valence electrons. The van der Waals surface area contributed by atoms with Crippen LogP contribution in [0, 0.1) is 0 Å². The van der Waals surface area contributed by atoms with E-state index in [4.69, 9.17) is 9.47 Å². The summed E-state index contributed by atoms with van der Waals surface area (Å²) in [4.78, 5) is 24.4. The minimum Gasteiger partial charge on any atom is -0.504 e. The number of aromatic hydroxyl groups is 1. The Morgan fingerprint density at radius 2 is 1.90 bits per heavy atom. The molecule has 8 nitrogen and oxygen atoms in total. The first-order chi connectivity index (χ1) is 15.0. The highest BCUT2D eigenvalue weighted by Gasteiger charge is 2.11. The Bertz CT molecular complexity index is 927. The summed E-state index contributed by atoms with van der Waals surface area (Å²) in [5, 5.41) is 16.7. The molecule has 0 heterocycles. The zero-order valence-corrected chi connectivity index (χ0v) is 18.1. The highest BCUT2D eigenvalue weighted by atomic mass is 16.5. The molecule has 0 bridgehead atoms. The van der Waals surface area contributed by atoms with E-state index in [0.717, 1.165) is 25.7 Å². The standard InChI is InChI=1S/C23H29N3O5/c1-4-5-6-7-11-21(28)25-18-10-8-9-17(14-18)23(29)26-24-15-16-12-19(27)22(31-3)20(13-16)30-2/h8-10,12-15,27H,4-7,11H2,1-3H3,(H,25,28)(H,26,29)/b24-15+. The Hall–Kier alpha value is -3.55. The topological polar surface area (TPSA) is 109 Å². The van der Waals surface area contributed by atoms with Crippen molar-refractivity contribution in [2.75, 3.05) is 19.5 Å². The normalized spacial score (nSPS) is 10.7. The van der Waals surface area contributed by atoms with Gasteiger partial charge in [-0.15, -0.1) is 0 Å². The van der Waals surface area contributed by atoms with Gasteiger partial charge in [0, 0.05) is 23.2 Å². The Balaban J connectivity index is 1.96. The maximum atomic E-state index is 12.4. The number of carbonyl (C=O) groups excluding carboxylic acids is 2. The second-order valence-electron chi connectivity index (χ2n) is 6.91. The summed E-state index contributed by atoms with van der Waals surface area (Å²) in [5.74, 6) is -0.0472. The molecule has 8 heteroatoms. The fourth-order valence-electron chi connectivity index (χ4n) is 2.94. The second kappa shape index (κ2) is 12.2. The van der Waals surface area contributed by atoms with Crippen molar-refractivity contribution in [1.82, 2.24) is 5.43 Å². The Labute approximate surface area is 182 Å². The monoisotopic (exact) mass is 427 g/mol. The van der Waals surface area contributed by atoms with E-state index in [9.17, 15) is 14.7 Å². The molecule has 2 rings (SSSR count). The van der Waals surface area contributed by atoms with Gasteiger partial charge in [-0.05, 0) is 36.8 Å². The summed E-state index contributed by atoms with van der Waals surface area (Å²) in [6.45, 7) is 2.12. The van der Waals surface area contributed by atoms with Gasteiger partial charge in [0.05, 0.1) is 20.4 Å². The molecule has 2 aromatic rings. The number of benzene rings is 2. The smallest absolute Gasteiger partial charge is 0.271 e. The van der Waals surface area contributed by atoms with Crippen molar-refractivity contribution in [2.45, 2.75) is 39.0 Å². The van der Waals surface area contributed by atoms with Crippen LogP contribution in [0.15, 0.2) is 41.5 Å². The Morgan fingerprint density at radius 3 is 2.61 bits per heavy atom. The molecule has 2 aromatic carbocycles. The van der Waals surface area contributed by atoms with Crippen molar-refractivity contribution in [1.29, 1.82) is 0 Å². The maximum Gasteiger partial charge on any atom is 0.271 e. The van der Waals surface area contributed by atoms with Crippen molar-refractivity contribution in [3.05, 3.63) is 47.5 Å². The summed E-state index contributed by atoms with van der Waals surface area (Å²) >= 11 is 0.